The van der Waals surface area contributed by atoms with E-state index in [1.807, 2.05) is 18.2 Å². The normalized spacial score (nSPS) is 16.8. The van der Waals surface area contributed by atoms with Crippen molar-refractivity contribution in [3.63, 3.8) is 0 Å². The minimum Gasteiger partial charge on any atom is -0.493 e. The summed E-state index contributed by atoms with van der Waals surface area (Å²) in [6.07, 6.45) is 0.677. The Morgan fingerprint density at radius 1 is 1.33 bits per heavy atom. The van der Waals surface area contributed by atoms with Gasteiger partial charge in [-0.2, -0.15) is 0 Å². The molecule has 1 unspecified atom stereocenters. The molecule has 150 valence electrons. The van der Waals surface area contributed by atoms with Crippen molar-refractivity contribution in [2.24, 2.45) is 5.92 Å². The second kappa shape index (κ2) is 10.2. The zero-order chi connectivity index (χ0) is 19.8. The van der Waals surface area contributed by atoms with Gasteiger partial charge in [0.15, 0.2) is 11.5 Å². The van der Waals surface area contributed by atoms with Crippen LogP contribution in [0, 0.1) is 5.92 Å². The number of methoxy groups -OCH3 is 1. The molecule has 1 saturated heterocycles. The summed E-state index contributed by atoms with van der Waals surface area (Å²) >= 11 is 0. The largest absolute Gasteiger partial charge is 0.493 e. The molecule has 1 aromatic carbocycles. The highest BCUT2D eigenvalue weighted by Gasteiger charge is 2.33. The number of benzene rings is 1. The van der Waals surface area contributed by atoms with E-state index < -0.39 is 11.9 Å². The third kappa shape index (κ3) is 5.60. The van der Waals surface area contributed by atoms with Crippen molar-refractivity contribution in [1.29, 1.82) is 0 Å². The molecule has 1 amide bonds. The second-order valence-electron chi connectivity index (χ2n) is 6.65. The van der Waals surface area contributed by atoms with E-state index in [0.717, 1.165) is 25.2 Å². The van der Waals surface area contributed by atoms with Crippen LogP contribution in [-0.2, 0) is 16.0 Å². The van der Waals surface area contributed by atoms with Gasteiger partial charge >= 0.3 is 5.97 Å². The van der Waals surface area contributed by atoms with Gasteiger partial charge in [0, 0.05) is 26.1 Å². The SMILES string of the molecule is CCN(CC)CCOc1c(CCN2CC(C(=O)O)CC2=O)cccc1OC. The summed E-state index contributed by atoms with van der Waals surface area (Å²) in [5, 5.41) is 9.11. The van der Waals surface area contributed by atoms with Crippen molar-refractivity contribution in [3.05, 3.63) is 23.8 Å². The van der Waals surface area contributed by atoms with E-state index in [4.69, 9.17) is 14.6 Å². The third-order valence-electron chi connectivity index (χ3n) is 5.04. The van der Waals surface area contributed by atoms with Crippen LogP contribution in [0.15, 0.2) is 18.2 Å². The van der Waals surface area contributed by atoms with Crippen molar-refractivity contribution in [1.82, 2.24) is 9.80 Å². The van der Waals surface area contributed by atoms with E-state index in [2.05, 4.69) is 18.7 Å². The van der Waals surface area contributed by atoms with Gasteiger partial charge in [-0.05, 0) is 31.1 Å². The van der Waals surface area contributed by atoms with Gasteiger partial charge in [-0.3, -0.25) is 9.59 Å². The lowest BCUT2D eigenvalue weighted by molar-refractivity contribution is -0.141. The van der Waals surface area contributed by atoms with E-state index in [-0.39, 0.29) is 18.9 Å². The lowest BCUT2D eigenvalue weighted by Crippen LogP contribution is -2.29. The predicted molar refractivity (Wildman–Crippen MR) is 102 cm³/mol. The van der Waals surface area contributed by atoms with E-state index in [1.54, 1.807) is 12.0 Å². The molecule has 1 fully saturated rings. The molecule has 0 aromatic heterocycles. The summed E-state index contributed by atoms with van der Waals surface area (Å²) in [5.74, 6) is -0.244. The average molecular weight is 378 g/mol. The highest BCUT2D eigenvalue weighted by atomic mass is 16.5. The summed E-state index contributed by atoms with van der Waals surface area (Å²) in [5.41, 5.74) is 0.959. The monoisotopic (exact) mass is 378 g/mol. The molecule has 27 heavy (non-hydrogen) atoms. The highest BCUT2D eigenvalue weighted by molar-refractivity contribution is 5.86. The van der Waals surface area contributed by atoms with Gasteiger partial charge in [0.2, 0.25) is 5.91 Å². The van der Waals surface area contributed by atoms with Crippen LogP contribution in [-0.4, -0.2) is 73.2 Å². The Morgan fingerprint density at radius 2 is 2.07 bits per heavy atom. The third-order valence-corrected chi connectivity index (χ3v) is 5.04. The summed E-state index contributed by atoms with van der Waals surface area (Å²) in [6, 6.07) is 5.72. The molecule has 0 saturated carbocycles. The molecule has 1 N–H and O–H groups in total. The van der Waals surface area contributed by atoms with Gasteiger partial charge in [0.1, 0.15) is 6.61 Å². The van der Waals surface area contributed by atoms with Crippen LogP contribution < -0.4 is 9.47 Å². The number of nitrogens with zero attached hydrogens (tertiary/aromatic N) is 2. The number of carbonyl (C=O) groups excluding carboxylic acids is 1. The Hall–Kier alpha value is -2.28. The molecule has 0 aliphatic carbocycles. The van der Waals surface area contributed by atoms with Crippen LogP contribution in [0.25, 0.3) is 0 Å². The van der Waals surface area contributed by atoms with Crippen molar-refractivity contribution in [3.8, 4) is 11.5 Å². The van der Waals surface area contributed by atoms with Crippen molar-refractivity contribution in [2.45, 2.75) is 26.7 Å². The number of hydrogen-bond acceptors (Lipinski definition) is 5. The minimum absolute atomic E-state index is 0.0840. The Bertz CT molecular complexity index is 645. The van der Waals surface area contributed by atoms with Gasteiger partial charge in [-0.15, -0.1) is 0 Å². The van der Waals surface area contributed by atoms with Crippen LogP contribution in [0.5, 0.6) is 11.5 Å². The molecular weight excluding hydrogens is 348 g/mol. The first-order chi connectivity index (χ1) is 13.0. The van der Waals surface area contributed by atoms with Crippen molar-refractivity contribution >= 4 is 11.9 Å². The second-order valence-corrected chi connectivity index (χ2v) is 6.65. The van der Waals surface area contributed by atoms with E-state index in [1.165, 1.54) is 0 Å². The minimum atomic E-state index is -0.910. The quantitative estimate of drug-likeness (QED) is 0.633. The molecule has 7 heteroatoms. The number of aliphatic carboxylic acids is 1. The first-order valence-corrected chi connectivity index (χ1v) is 9.51. The Morgan fingerprint density at radius 3 is 2.67 bits per heavy atom. The average Bonchev–Trinajstić information content (AvgIpc) is 3.05. The van der Waals surface area contributed by atoms with Gasteiger partial charge in [0.25, 0.3) is 0 Å². The van der Waals surface area contributed by atoms with E-state index in [9.17, 15) is 9.59 Å². The zero-order valence-electron chi connectivity index (χ0n) is 16.4. The molecule has 1 aromatic rings. The van der Waals surface area contributed by atoms with Gasteiger partial charge in [-0.1, -0.05) is 26.0 Å². The molecule has 1 atom stereocenters. The number of carboxylic acids is 1. The molecule has 7 nitrogen and oxygen atoms in total. The topological polar surface area (TPSA) is 79.3 Å². The number of amides is 1. The summed E-state index contributed by atoms with van der Waals surface area (Å²) in [6.45, 7) is 8.32. The first-order valence-electron chi connectivity index (χ1n) is 9.51. The number of para-hydroxylation sites is 1. The number of carboxylic acid groups (broad SMARTS) is 1. The fourth-order valence-electron chi connectivity index (χ4n) is 3.31. The van der Waals surface area contributed by atoms with Crippen LogP contribution in [0.3, 0.4) is 0 Å². The Balaban J connectivity index is 2.01. The molecule has 1 aliphatic rings. The molecule has 1 heterocycles. The summed E-state index contributed by atoms with van der Waals surface area (Å²) in [7, 11) is 1.61. The zero-order valence-corrected chi connectivity index (χ0v) is 16.4. The van der Waals surface area contributed by atoms with Crippen LogP contribution in [0.1, 0.15) is 25.8 Å². The number of likely N-dealkylation sites (N-methyl/N-ethyl adjacent to an activating group) is 1. The molecule has 1 aliphatic heterocycles. The number of likely N-dealkylation sites (tertiary alicyclic amines) is 1. The standard InChI is InChI=1S/C20H30N2O5/c1-4-21(5-2)11-12-27-19-15(7-6-8-17(19)26-3)9-10-22-14-16(20(24)25)13-18(22)23/h6-8,16H,4-5,9-14H2,1-3H3,(H,24,25). The Kier molecular flexibility index (Phi) is 7.91. The number of carbonyl (C=O) groups is 2. The Labute approximate surface area is 160 Å². The number of rotatable bonds is 11. The van der Waals surface area contributed by atoms with Crippen LogP contribution in [0.2, 0.25) is 0 Å². The van der Waals surface area contributed by atoms with Gasteiger partial charge < -0.3 is 24.4 Å². The summed E-state index contributed by atoms with van der Waals surface area (Å²) in [4.78, 5) is 27.0. The number of hydrogen-bond donors (Lipinski definition) is 1. The lowest BCUT2D eigenvalue weighted by Gasteiger charge is -2.21. The molecule has 0 radical (unpaired) electrons. The fraction of sp³-hybridized carbons (Fsp3) is 0.600. The van der Waals surface area contributed by atoms with Gasteiger partial charge in [0.05, 0.1) is 13.0 Å². The van der Waals surface area contributed by atoms with Crippen molar-refractivity contribution in [2.75, 3.05) is 46.4 Å². The molecule has 2 rings (SSSR count). The lowest BCUT2D eigenvalue weighted by atomic mass is 10.1. The number of ether oxygens (including phenoxy) is 2. The van der Waals surface area contributed by atoms with Gasteiger partial charge in [-0.25, -0.2) is 0 Å². The van der Waals surface area contributed by atoms with Crippen molar-refractivity contribution < 1.29 is 24.2 Å². The molecule has 0 spiro atoms. The predicted octanol–water partition coefficient (Wildman–Crippen LogP) is 1.89. The first kappa shape index (κ1) is 21.0. The maximum Gasteiger partial charge on any atom is 0.308 e. The maximum atomic E-state index is 12.0. The smallest absolute Gasteiger partial charge is 0.308 e. The molecule has 0 bridgehead atoms. The summed E-state index contributed by atoms with van der Waals surface area (Å²) < 4.78 is 11.5. The van der Waals surface area contributed by atoms with E-state index >= 15 is 0 Å². The fourth-order valence-corrected chi connectivity index (χ4v) is 3.31. The van der Waals surface area contributed by atoms with Crippen LogP contribution in [0.4, 0.5) is 0 Å². The van der Waals surface area contributed by atoms with E-state index in [0.29, 0.717) is 31.1 Å². The molecular formula is C20H30N2O5. The highest BCUT2D eigenvalue weighted by Crippen LogP contribution is 2.32. The maximum absolute atomic E-state index is 12.0. The van der Waals surface area contributed by atoms with Crippen LogP contribution >= 0.6 is 0 Å².